The van der Waals surface area contributed by atoms with Gasteiger partial charge in [0.05, 0.1) is 6.26 Å². The molecule has 0 aliphatic carbocycles. The highest BCUT2D eigenvalue weighted by Crippen LogP contribution is 2.08. The molecule has 0 bridgehead atoms. The Labute approximate surface area is 93.9 Å². The van der Waals surface area contributed by atoms with Crippen LogP contribution in [0.2, 0.25) is 0 Å². The van der Waals surface area contributed by atoms with Gasteiger partial charge in [-0.3, -0.25) is 0 Å². The molecule has 0 amide bonds. The summed E-state index contributed by atoms with van der Waals surface area (Å²) >= 11 is 1.82. The maximum Gasteiger partial charge on any atom is 0.105 e. The molecule has 0 spiro atoms. The Kier molecular flexibility index (Phi) is 4.00. The van der Waals surface area contributed by atoms with Crippen LogP contribution in [0.25, 0.3) is 0 Å². The third-order valence-electron chi connectivity index (χ3n) is 2.26. The summed E-state index contributed by atoms with van der Waals surface area (Å²) in [4.78, 5) is 1.44. The van der Waals surface area contributed by atoms with Crippen LogP contribution in [0.1, 0.15) is 10.6 Å². The lowest BCUT2D eigenvalue weighted by Crippen LogP contribution is -2.19. The molecule has 0 aliphatic heterocycles. The van der Waals surface area contributed by atoms with Crippen LogP contribution >= 0.6 is 11.3 Å². The van der Waals surface area contributed by atoms with Crippen LogP contribution in [-0.2, 0) is 12.8 Å². The van der Waals surface area contributed by atoms with E-state index in [2.05, 4.69) is 22.8 Å². The van der Waals surface area contributed by atoms with Crippen LogP contribution in [0.15, 0.2) is 40.3 Å². The standard InChI is InChI=1S/C12H15NOS/c1-3-11(14-9-1)5-7-13-8-6-12-4-2-10-15-12/h1-4,9-10,13H,5-8H2. The zero-order chi connectivity index (χ0) is 10.3. The highest BCUT2D eigenvalue weighted by atomic mass is 32.1. The average molecular weight is 221 g/mol. The molecule has 1 N–H and O–H groups in total. The van der Waals surface area contributed by atoms with E-state index in [1.165, 1.54) is 4.88 Å². The number of nitrogens with one attached hydrogen (secondary N) is 1. The monoisotopic (exact) mass is 221 g/mol. The van der Waals surface area contributed by atoms with Gasteiger partial charge >= 0.3 is 0 Å². The number of hydrogen-bond donors (Lipinski definition) is 1. The Morgan fingerprint density at radius 2 is 2.07 bits per heavy atom. The van der Waals surface area contributed by atoms with Crippen LogP contribution in [0, 0.1) is 0 Å². The first-order valence-electron chi connectivity index (χ1n) is 5.20. The second-order valence-electron chi connectivity index (χ2n) is 3.41. The van der Waals surface area contributed by atoms with Gasteiger partial charge in [-0.2, -0.15) is 0 Å². The largest absolute Gasteiger partial charge is 0.469 e. The molecule has 2 aromatic rings. The molecule has 80 valence electrons. The summed E-state index contributed by atoms with van der Waals surface area (Å²) in [6.45, 7) is 2.03. The van der Waals surface area contributed by atoms with Gasteiger partial charge in [0.25, 0.3) is 0 Å². The topological polar surface area (TPSA) is 25.2 Å². The third kappa shape index (κ3) is 3.53. The van der Waals surface area contributed by atoms with E-state index in [9.17, 15) is 0 Å². The van der Waals surface area contributed by atoms with Gasteiger partial charge in [0.15, 0.2) is 0 Å². The SMILES string of the molecule is c1coc(CCNCCc2cccs2)c1. The van der Waals surface area contributed by atoms with Gasteiger partial charge < -0.3 is 9.73 Å². The van der Waals surface area contributed by atoms with Crippen molar-refractivity contribution in [2.45, 2.75) is 12.8 Å². The summed E-state index contributed by atoms with van der Waals surface area (Å²) < 4.78 is 5.25. The van der Waals surface area contributed by atoms with Crippen molar-refractivity contribution in [1.29, 1.82) is 0 Å². The third-order valence-corrected chi connectivity index (χ3v) is 3.19. The molecule has 2 aromatic heterocycles. The van der Waals surface area contributed by atoms with E-state index in [0.717, 1.165) is 31.7 Å². The minimum Gasteiger partial charge on any atom is -0.469 e. The minimum absolute atomic E-state index is 0.970. The zero-order valence-corrected chi connectivity index (χ0v) is 9.43. The van der Waals surface area contributed by atoms with Crippen molar-refractivity contribution >= 4 is 11.3 Å². The molecule has 0 aliphatic rings. The summed E-state index contributed by atoms with van der Waals surface area (Å²) in [6, 6.07) is 8.23. The second kappa shape index (κ2) is 5.73. The first-order valence-corrected chi connectivity index (χ1v) is 6.08. The fourth-order valence-corrected chi connectivity index (χ4v) is 2.17. The van der Waals surface area contributed by atoms with Crippen molar-refractivity contribution in [3.05, 3.63) is 46.5 Å². The lowest BCUT2D eigenvalue weighted by Gasteiger charge is -2.01. The van der Waals surface area contributed by atoms with Crippen molar-refractivity contribution in [1.82, 2.24) is 5.32 Å². The number of furan rings is 1. The molecule has 0 saturated heterocycles. The molecule has 0 radical (unpaired) electrons. The van der Waals surface area contributed by atoms with E-state index in [-0.39, 0.29) is 0 Å². The maximum absolute atomic E-state index is 5.25. The minimum atomic E-state index is 0.970. The highest BCUT2D eigenvalue weighted by Gasteiger charge is 1.96. The molecule has 2 heterocycles. The fraction of sp³-hybridized carbons (Fsp3) is 0.333. The van der Waals surface area contributed by atoms with Gasteiger partial charge in [-0.25, -0.2) is 0 Å². The molecule has 3 heteroatoms. The molecule has 0 atom stereocenters. The lowest BCUT2D eigenvalue weighted by atomic mass is 10.3. The first-order chi connectivity index (χ1) is 7.45. The van der Waals surface area contributed by atoms with Crippen molar-refractivity contribution in [3.8, 4) is 0 Å². The van der Waals surface area contributed by atoms with Gasteiger partial charge in [-0.1, -0.05) is 6.07 Å². The maximum atomic E-state index is 5.25. The normalized spacial score (nSPS) is 10.7. The summed E-state index contributed by atoms with van der Waals surface area (Å²) in [5, 5.41) is 5.53. The average Bonchev–Trinajstić information content (AvgIpc) is 2.88. The van der Waals surface area contributed by atoms with Crippen molar-refractivity contribution in [2.24, 2.45) is 0 Å². The Bertz CT molecular complexity index is 317. The quantitative estimate of drug-likeness (QED) is 0.759. The molecule has 2 rings (SSSR count). The fourth-order valence-electron chi connectivity index (χ4n) is 1.46. The predicted octanol–water partition coefficient (Wildman–Crippen LogP) is 2.72. The van der Waals surface area contributed by atoms with Crippen LogP contribution in [0.4, 0.5) is 0 Å². The molecule has 0 unspecified atom stereocenters. The molecule has 2 nitrogen and oxygen atoms in total. The van der Waals surface area contributed by atoms with E-state index in [0.29, 0.717) is 0 Å². The molecular formula is C12H15NOS. The van der Waals surface area contributed by atoms with Gasteiger partial charge in [-0.15, -0.1) is 11.3 Å². The summed E-state index contributed by atoms with van der Waals surface area (Å²) in [5.41, 5.74) is 0. The van der Waals surface area contributed by atoms with Gasteiger partial charge in [-0.05, 0) is 36.5 Å². The van der Waals surface area contributed by atoms with Gasteiger partial charge in [0.1, 0.15) is 5.76 Å². The van der Waals surface area contributed by atoms with Crippen LogP contribution in [0.5, 0.6) is 0 Å². The van der Waals surface area contributed by atoms with Gasteiger partial charge in [0.2, 0.25) is 0 Å². The van der Waals surface area contributed by atoms with Crippen LogP contribution < -0.4 is 5.32 Å². The number of thiophene rings is 1. The molecule has 0 saturated carbocycles. The Balaban J connectivity index is 1.56. The lowest BCUT2D eigenvalue weighted by molar-refractivity contribution is 0.499. The number of rotatable bonds is 6. The summed E-state index contributed by atoms with van der Waals surface area (Å²) in [7, 11) is 0. The smallest absolute Gasteiger partial charge is 0.105 e. The van der Waals surface area contributed by atoms with E-state index >= 15 is 0 Å². The summed E-state index contributed by atoms with van der Waals surface area (Å²) in [5.74, 6) is 1.05. The number of hydrogen-bond acceptors (Lipinski definition) is 3. The zero-order valence-electron chi connectivity index (χ0n) is 8.61. The van der Waals surface area contributed by atoms with E-state index in [1.54, 1.807) is 6.26 Å². The molecule has 0 aromatic carbocycles. The van der Waals surface area contributed by atoms with Crippen molar-refractivity contribution in [2.75, 3.05) is 13.1 Å². The van der Waals surface area contributed by atoms with E-state index < -0.39 is 0 Å². The Morgan fingerprint density at radius 3 is 2.80 bits per heavy atom. The molecule has 0 fully saturated rings. The predicted molar refractivity (Wildman–Crippen MR) is 63.3 cm³/mol. The molecule has 15 heavy (non-hydrogen) atoms. The van der Waals surface area contributed by atoms with Crippen LogP contribution in [0.3, 0.4) is 0 Å². The van der Waals surface area contributed by atoms with Crippen molar-refractivity contribution in [3.63, 3.8) is 0 Å². The Morgan fingerprint density at radius 1 is 1.13 bits per heavy atom. The van der Waals surface area contributed by atoms with E-state index in [4.69, 9.17) is 4.42 Å². The Hall–Kier alpha value is -1.06. The van der Waals surface area contributed by atoms with Gasteiger partial charge in [0, 0.05) is 17.8 Å². The molecular weight excluding hydrogens is 206 g/mol. The highest BCUT2D eigenvalue weighted by molar-refractivity contribution is 7.09. The summed E-state index contributed by atoms with van der Waals surface area (Å²) in [6.07, 6.45) is 3.81. The first kappa shape index (κ1) is 10.5. The van der Waals surface area contributed by atoms with E-state index in [1.807, 2.05) is 23.5 Å². The van der Waals surface area contributed by atoms with Crippen molar-refractivity contribution < 1.29 is 4.42 Å². The second-order valence-corrected chi connectivity index (χ2v) is 4.44. The van der Waals surface area contributed by atoms with Crippen LogP contribution in [-0.4, -0.2) is 13.1 Å².